The van der Waals surface area contributed by atoms with Crippen LogP contribution in [0.5, 0.6) is 6.01 Å². The van der Waals surface area contributed by atoms with Crippen LogP contribution in [0.15, 0.2) is 0 Å². The van der Waals surface area contributed by atoms with Crippen LogP contribution in [-0.4, -0.2) is 48.5 Å². The third-order valence-corrected chi connectivity index (χ3v) is 1.81. The van der Waals surface area contributed by atoms with Gasteiger partial charge >= 0.3 is 18.2 Å². The van der Waals surface area contributed by atoms with Crippen molar-refractivity contribution in [2.24, 2.45) is 0 Å². The van der Waals surface area contributed by atoms with Crippen LogP contribution in [0.4, 0.5) is 15.5 Å². The van der Waals surface area contributed by atoms with Crippen molar-refractivity contribution < 1.29 is 23.8 Å². The SMILES string of the molecule is COC(=O)N(C(=O)OC)c1nc(C)nc(OC)n1. The smallest absolute Gasteiger partial charge is 0.426 e. The molecule has 0 aromatic carbocycles. The first kappa shape index (κ1) is 13.6. The predicted molar refractivity (Wildman–Crippen MR) is 58.4 cm³/mol. The summed E-state index contributed by atoms with van der Waals surface area (Å²) < 4.78 is 13.7. The van der Waals surface area contributed by atoms with E-state index in [1.54, 1.807) is 6.92 Å². The maximum absolute atomic E-state index is 11.5. The highest BCUT2D eigenvalue weighted by Crippen LogP contribution is 2.14. The number of aryl methyl sites for hydroxylation is 1. The van der Waals surface area contributed by atoms with E-state index in [0.717, 1.165) is 14.2 Å². The Morgan fingerprint density at radius 3 is 2.00 bits per heavy atom. The van der Waals surface area contributed by atoms with Crippen LogP contribution in [0, 0.1) is 6.92 Å². The standard InChI is InChI=1S/C9H12N4O5/c1-5-10-6(12-7(11-5)16-2)13(8(14)17-3)9(15)18-4/h1-4H3. The molecule has 1 aromatic heterocycles. The van der Waals surface area contributed by atoms with E-state index >= 15 is 0 Å². The number of carbonyl (C=O) groups is 2. The monoisotopic (exact) mass is 256 g/mol. The second kappa shape index (κ2) is 5.75. The molecule has 1 aromatic rings. The van der Waals surface area contributed by atoms with E-state index in [1.807, 2.05) is 0 Å². The molecule has 1 rings (SSSR count). The average molecular weight is 256 g/mol. The van der Waals surface area contributed by atoms with Gasteiger partial charge in [0.15, 0.2) is 0 Å². The molecule has 2 amide bonds. The second-order valence-electron chi connectivity index (χ2n) is 2.94. The molecular formula is C9H12N4O5. The van der Waals surface area contributed by atoms with Crippen LogP contribution in [0.2, 0.25) is 0 Å². The fourth-order valence-corrected chi connectivity index (χ4v) is 1.06. The lowest BCUT2D eigenvalue weighted by molar-refractivity contribution is 0.159. The van der Waals surface area contributed by atoms with E-state index < -0.39 is 12.2 Å². The summed E-state index contributed by atoms with van der Waals surface area (Å²) in [6.07, 6.45) is -1.95. The van der Waals surface area contributed by atoms with Gasteiger partial charge in [0.2, 0.25) is 0 Å². The van der Waals surface area contributed by atoms with Crippen LogP contribution in [-0.2, 0) is 9.47 Å². The Kier molecular flexibility index (Phi) is 4.35. The minimum atomic E-state index is -0.977. The molecule has 9 heteroatoms. The van der Waals surface area contributed by atoms with Gasteiger partial charge in [-0.15, -0.1) is 4.90 Å². The number of hydrogen-bond donors (Lipinski definition) is 0. The van der Waals surface area contributed by atoms with E-state index in [0.29, 0.717) is 4.90 Å². The Balaban J connectivity index is 3.24. The largest absolute Gasteiger partial charge is 0.467 e. The summed E-state index contributed by atoms with van der Waals surface area (Å²) in [5.74, 6) is 0.0349. The molecular weight excluding hydrogens is 244 g/mol. The predicted octanol–water partition coefficient (Wildman–Crippen LogP) is 0.528. The first-order chi connectivity index (χ1) is 8.53. The zero-order valence-electron chi connectivity index (χ0n) is 10.3. The number of ether oxygens (including phenoxy) is 3. The summed E-state index contributed by atoms with van der Waals surface area (Å²) >= 11 is 0. The molecule has 0 spiro atoms. The van der Waals surface area contributed by atoms with Gasteiger partial charge in [-0.2, -0.15) is 15.0 Å². The third-order valence-electron chi connectivity index (χ3n) is 1.81. The lowest BCUT2D eigenvalue weighted by Gasteiger charge is -2.15. The van der Waals surface area contributed by atoms with Gasteiger partial charge in [-0.25, -0.2) is 9.59 Å². The molecule has 9 nitrogen and oxygen atoms in total. The first-order valence-electron chi connectivity index (χ1n) is 4.76. The Morgan fingerprint density at radius 1 is 1.00 bits per heavy atom. The quantitative estimate of drug-likeness (QED) is 0.754. The van der Waals surface area contributed by atoms with E-state index in [1.165, 1.54) is 7.11 Å². The van der Waals surface area contributed by atoms with Gasteiger partial charge in [0.1, 0.15) is 5.82 Å². The minimum absolute atomic E-state index is 0.0321. The van der Waals surface area contributed by atoms with E-state index in [9.17, 15) is 9.59 Å². The number of rotatable bonds is 2. The Hall–Kier alpha value is -2.45. The van der Waals surface area contributed by atoms with E-state index in [2.05, 4.69) is 24.4 Å². The van der Waals surface area contributed by atoms with Gasteiger partial charge in [-0.05, 0) is 6.92 Å². The Morgan fingerprint density at radius 2 is 1.56 bits per heavy atom. The fraction of sp³-hybridized carbons (Fsp3) is 0.444. The highest BCUT2D eigenvalue weighted by atomic mass is 16.6. The maximum atomic E-state index is 11.5. The number of carbonyl (C=O) groups excluding carboxylic acids is 2. The van der Waals surface area contributed by atoms with Gasteiger partial charge in [-0.3, -0.25) is 0 Å². The van der Waals surface area contributed by atoms with Crippen molar-refractivity contribution in [2.45, 2.75) is 6.92 Å². The second-order valence-corrected chi connectivity index (χ2v) is 2.94. The van der Waals surface area contributed by atoms with Crippen molar-refractivity contribution in [3.8, 4) is 6.01 Å². The molecule has 0 saturated heterocycles. The number of anilines is 1. The van der Waals surface area contributed by atoms with Crippen molar-refractivity contribution in [1.29, 1.82) is 0 Å². The summed E-state index contributed by atoms with van der Waals surface area (Å²) in [5, 5.41) is 0. The number of hydrogen-bond acceptors (Lipinski definition) is 8. The molecule has 98 valence electrons. The lowest BCUT2D eigenvalue weighted by atomic mass is 10.6. The van der Waals surface area contributed by atoms with Crippen molar-refractivity contribution in [1.82, 2.24) is 15.0 Å². The molecule has 0 aliphatic rings. The van der Waals surface area contributed by atoms with Gasteiger partial charge < -0.3 is 14.2 Å². The van der Waals surface area contributed by atoms with Gasteiger partial charge in [0, 0.05) is 0 Å². The van der Waals surface area contributed by atoms with Gasteiger partial charge in [0.25, 0.3) is 5.95 Å². The normalized spacial score (nSPS) is 9.56. The highest BCUT2D eigenvalue weighted by Gasteiger charge is 2.29. The summed E-state index contributed by atoms with van der Waals surface area (Å²) in [5.41, 5.74) is 0. The molecule has 0 bridgehead atoms. The number of imide groups is 1. The van der Waals surface area contributed by atoms with Crippen LogP contribution in [0.1, 0.15) is 5.82 Å². The molecule has 0 unspecified atom stereocenters. The maximum Gasteiger partial charge on any atom is 0.426 e. The first-order valence-corrected chi connectivity index (χ1v) is 4.76. The van der Waals surface area contributed by atoms with Gasteiger partial charge in [0.05, 0.1) is 21.3 Å². The Bertz CT molecular complexity index is 448. The van der Waals surface area contributed by atoms with E-state index in [4.69, 9.17) is 4.74 Å². The van der Waals surface area contributed by atoms with Crippen LogP contribution >= 0.6 is 0 Å². The zero-order chi connectivity index (χ0) is 13.7. The molecule has 0 aliphatic carbocycles. The molecule has 0 N–H and O–H groups in total. The molecule has 18 heavy (non-hydrogen) atoms. The lowest BCUT2D eigenvalue weighted by Crippen LogP contribution is -2.38. The summed E-state index contributed by atoms with van der Waals surface area (Å²) in [7, 11) is 3.58. The van der Waals surface area contributed by atoms with Crippen LogP contribution in [0.25, 0.3) is 0 Å². The number of nitrogens with zero attached hydrogens (tertiary/aromatic N) is 4. The average Bonchev–Trinajstić information content (AvgIpc) is 2.37. The van der Waals surface area contributed by atoms with Crippen molar-refractivity contribution in [2.75, 3.05) is 26.2 Å². The molecule has 0 atom stereocenters. The minimum Gasteiger partial charge on any atom is -0.467 e. The summed E-state index contributed by atoms with van der Waals surface area (Å²) in [6.45, 7) is 1.56. The van der Waals surface area contributed by atoms with Crippen molar-refractivity contribution >= 4 is 18.1 Å². The third kappa shape index (κ3) is 2.81. The van der Waals surface area contributed by atoms with Crippen molar-refractivity contribution in [3.63, 3.8) is 0 Å². The number of methoxy groups -OCH3 is 3. The van der Waals surface area contributed by atoms with E-state index in [-0.39, 0.29) is 17.8 Å². The summed E-state index contributed by atoms with van der Waals surface area (Å²) in [4.78, 5) is 34.9. The summed E-state index contributed by atoms with van der Waals surface area (Å²) in [6, 6.07) is -0.0321. The molecule has 0 radical (unpaired) electrons. The highest BCUT2D eigenvalue weighted by molar-refractivity contribution is 6.07. The Labute approximate surface area is 103 Å². The number of amides is 2. The van der Waals surface area contributed by atoms with Crippen molar-refractivity contribution in [3.05, 3.63) is 5.82 Å². The molecule has 1 heterocycles. The fourth-order valence-electron chi connectivity index (χ4n) is 1.06. The zero-order valence-corrected chi connectivity index (χ0v) is 10.3. The van der Waals surface area contributed by atoms with Crippen LogP contribution < -0.4 is 9.64 Å². The molecule has 0 aliphatic heterocycles. The molecule has 0 fully saturated rings. The topological polar surface area (TPSA) is 104 Å². The van der Waals surface area contributed by atoms with Crippen LogP contribution in [0.3, 0.4) is 0 Å². The number of aromatic nitrogens is 3. The van der Waals surface area contributed by atoms with Gasteiger partial charge in [-0.1, -0.05) is 0 Å². The molecule has 0 saturated carbocycles.